The van der Waals surface area contributed by atoms with Crippen molar-refractivity contribution >= 4 is 18.3 Å². The molecule has 0 atom stereocenters. The first-order valence-electron chi connectivity index (χ1n) is 8.99. The van der Waals surface area contributed by atoms with E-state index in [0.717, 1.165) is 45.2 Å². The number of nitrogens with two attached hydrogens (primary N) is 1. The second-order valence-electron chi connectivity index (χ2n) is 7.87. The maximum atomic E-state index is 12.2. The Morgan fingerprint density at radius 1 is 1.12 bits per heavy atom. The quantitative estimate of drug-likeness (QED) is 0.812. The third kappa shape index (κ3) is 6.45. The van der Waals surface area contributed by atoms with Crippen molar-refractivity contribution < 1.29 is 4.79 Å². The van der Waals surface area contributed by atoms with Gasteiger partial charge >= 0.3 is 0 Å². The number of likely N-dealkylation sites (tertiary alicyclic amines) is 1. The van der Waals surface area contributed by atoms with Crippen LogP contribution in [0.15, 0.2) is 24.3 Å². The first-order chi connectivity index (χ1) is 10.9. The molecule has 2 N–H and O–H groups in total. The SMILES string of the molecule is CC(C)(C)c1ccc(CCCCC(=O)N2CCC(N)CC2)cc1.Cl. The lowest BCUT2D eigenvalue weighted by atomic mass is 9.86. The summed E-state index contributed by atoms with van der Waals surface area (Å²) in [6, 6.07) is 9.22. The van der Waals surface area contributed by atoms with Crippen LogP contribution in [0.25, 0.3) is 0 Å². The van der Waals surface area contributed by atoms with Crippen molar-refractivity contribution in [3.8, 4) is 0 Å². The molecule has 2 rings (SSSR count). The van der Waals surface area contributed by atoms with E-state index in [0.29, 0.717) is 12.3 Å². The van der Waals surface area contributed by atoms with Crippen molar-refractivity contribution in [3.05, 3.63) is 35.4 Å². The first kappa shape index (κ1) is 21.0. The number of rotatable bonds is 5. The Morgan fingerprint density at radius 3 is 2.25 bits per heavy atom. The van der Waals surface area contributed by atoms with E-state index in [4.69, 9.17) is 5.73 Å². The van der Waals surface area contributed by atoms with Gasteiger partial charge in [-0.3, -0.25) is 4.79 Å². The van der Waals surface area contributed by atoms with Gasteiger partial charge in [0.25, 0.3) is 0 Å². The molecule has 1 amide bonds. The molecule has 0 radical (unpaired) electrons. The zero-order valence-electron chi connectivity index (χ0n) is 15.4. The zero-order chi connectivity index (χ0) is 16.9. The molecule has 1 aliphatic heterocycles. The summed E-state index contributed by atoms with van der Waals surface area (Å²) in [5.74, 6) is 0.306. The van der Waals surface area contributed by atoms with Gasteiger partial charge in [0.05, 0.1) is 0 Å². The molecule has 4 heteroatoms. The van der Waals surface area contributed by atoms with Crippen LogP contribution < -0.4 is 5.73 Å². The Morgan fingerprint density at radius 2 is 1.71 bits per heavy atom. The highest BCUT2D eigenvalue weighted by molar-refractivity contribution is 5.85. The van der Waals surface area contributed by atoms with Crippen LogP contribution in [-0.4, -0.2) is 29.9 Å². The number of unbranched alkanes of at least 4 members (excludes halogenated alkanes) is 1. The van der Waals surface area contributed by atoms with E-state index in [1.54, 1.807) is 0 Å². The van der Waals surface area contributed by atoms with Crippen molar-refractivity contribution in [2.75, 3.05) is 13.1 Å². The lowest BCUT2D eigenvalue weighted by Crippen LogP contribution is -2.42. The van der Waals surface area contributed by atoms with Gasteiger partial charge in [-0.25, -0.2) is 0 Å². The van der Waals surface area contributed by atoms with Crippen LogP contribution in [0.3, 0.4) is 0 Å². The average Bonchev–Trinajstić information content (AvgIpc) is 2.51. The van der Waals surface area contributed by atoms with Gasteiger partial charge in [0.1, 0.15) is 0 Å². The number of aryl methyl sites for hydroxylation is 1. The van der Waals surface area contributed by atoms with Crippen molar-refractivity contribution in [2.45, 2.75) is 70.8 Å². The molecule has 0 bridgehead atoms. The number of hydrogen-bond donors (Lipinski definition) is 1. The topological polar surface area (TPSA) is 46.3 Å². The number of carbonyl (C=O) groups excluding carboxylic acids is 1. The van der Waals surface area contributed by atoms with E-state index in [1.807, 2.05) is 4.90 Å². The van der Waals surface area contributed by atoms with Gasteiger partial charge in [-0.15, -0.1) is 12.4 Å². The Kier molecular flexibility index (Phi) is 8.24. The van der Waals surface area contributed by atoms with Crippen LogP contribution in [-0.2, 0) is 16.6 Å². The Hall–Kier alpha value is -1.06. The molecule has 0 saturated carbocycles. The van der Waals surface area contributed by atoms with Crippen LogP contribution >= 0.6 is 12.4 Å². The summed E-state index contributed by atoms with van der Waals surface area (Å²) < 4.78 is 0. The molecule has 0 aliphatic carbocycles. The number of halogens is 1. The van der Waals surface area contributed by atoms with E-state index in [1.165, 1.54) is 11.1 Å². The van der Waals surface area contributed by atoms with Crippen molar-refractivity contribution in [3.63, 3.8) is 0 Å². The molecule has 3 nitrogen and oxygen atoms in total. The minimum Gasteiger partial charge on any atom is -0.343 e. The molecule has 24 heavy (non-hydrogen) atoms. The molecule has 1 heterocycles. The number of piperidine rings is 1. The molecule has 1 aliphatic rings. The maximum Gasteiger partial charge on any atom is 0.222 e. The first-order valence-corrected chi connectivity index (χ1v) is 8.99. The lowest BCUT2D eigenvalue weighted by molar-refractivity contribution is -0.132. The largest absolute Gasteiger partial charge is 0.343 e. The fraction of sp³-hybridized carbons (Fsp3) is 0.650. The predicted octanol–water partition coefficient (Wildman–Crippen LogP) is 4.07. The number of hydrogen-bond acceptors (Lipinski definition) is 2. The third-order valence-electron chi connectivity index (χ3n) is 4.82. The summed E-state index contributed by atoms with van der Waals surface area (Å²) >= 11 is 0. The van der Waals surface area contributed by atoms with Crippen molar-refractivity contribution in [1.82, 2.24) is 4.90 Å². The highest BCUT2D eigenvalue weighted by atomic mass is 35.5. The summed E-state index contributed by atoms with van der Waals surface area (Å²) in [5.41, 5.74) is 8.84. The molecule has 136 valence electrons. The highest BCUT2D eigenvalue weighted by Crippen LogP contribution is 2.22. The number of benzene rings is 1. The number of carbonyl (C=O) groups is 1. The van der Waals surface area contributed by atoms with Gasteiger partial charge < -0.3 is 10.6 Å². The van der Waals surface area contributed by atoms with Gasteiger partial charge in [0.15, 0.2) is 0 Å². The molecule has 1 fully saturated rings. The summed E-state index contributed by atoms with van der Waals surface area (Å²) in [6.45, 7) is 8.39. The van der Waals surface area contributed by atoms with E-state index in [9.17, 15) is 4.79 Å². The van der Waals surface area contributed by atoms with Crippen LogP contribution in [0.1, 0.15) is 64.0 Å². The van der Waals surface area contributed by atoms with Crippen molar-refractivity contribution in [1.29, 1.82) is 0 Å². The Balaban J connectivity index is 0.00000288. The molecule has 0 aromatic heterocycles. The normalized spacial score (nSPS) is 15.9. The monoisotopic (exact) mass is 352 g/mol. The molecular weight excluding hydrogens is 320 g/mol. The smallest absolute Gasteiger partial charge is 0.222 e. The minimum atomic E-state index is 0. The molecule has 1 aromatic rings. The standard InChI is InChI=1S/C20H32N2O.ClH/c1-20(2,3)17-10-8-16(9-11-17)6-4-5-7-19(23)22-14-12-18(21)13-15-22;/h8-11,18H,4-7,12-15,21H2,1-3H3;1H. The fourth-order valence-corrected chi connectivity index (χ4v) is 3.08. The number of nitrogens with zero attached hydrogens (tertiary/aromatic N) is 1. The number of amides is 1. The average molecular weight is 353 g/mol. The van der Waals surface area contributed by atoms with E-state index in [2.05, 4.69) is 45.0 Å². The van der Waals surface area contributed by atoms with Gasteiger partial charge in [0, 0.05) is 25.6 Å². The van der Waals surface area contributed by atoms with Gasteiger partial charge in [-0.1, -0.05) is 45.0 Å². The lowest BCUT2D eigenvalue weighted by Gasteiger charge is -2.30. The van der Waals surface area contributed by atoms with Gasteiger partial charge in [-0.2, -0.15) is 0 Å². The minimum absolute atomic E-state index is 0. The van der Waals surface area contributed by atoms with Crippen LogP contribution in [0.4, 0.5) is 0 Å². The highest BCUT2D eigenvalue weighted by Gasteiger charge is 2.19. The van der Waals surface area contributed by atoms with Crippen LogP contribution in [0.5, 0.6) is 0 Å². The summed E-state index contributed by atoms with van der Waals surface area (Å²) in [4.78, 5) is 14.1. The molecule has 0 spiro atoms. The Bertz CT molecular complexity index is 499. The Labute approximate surface area is 153 Å². The zero-order valence-corrected chi connectivity index (χ0v) is 16.2. The fourth-order valence-electron chi connectivity index (χ4n) is 3.08. The summed E-state index contributed by atoms with van der Waals surface area (Å²) in [5, 5.41) is 0. The van der Waals surface area contributed by atoms with E-state index >= 15 is 0 Å². The third-order valence-corrected chi connectivity index (χ3v) is 4.82. The van der Waals surface area contributed by atoms with Crippen molar-refractivity contribution in [2.24, 2.45) is 5.73 Å². The second-order valence-corrected chi connectivity index (χ2v) is 7.87. The molecule has 1 aromatic carbocycles. The summed E-state index contributed by atoms with van der Waals surface area (Å²) in [6.07, 6.45) is 5.69. The van der Waals surface area contributed by atoms with E-state index < -0.39 is 0 Å². The van der Waals surface area contributed by atoms with Crippen LogP contribution in [0, 0.1) is 0 Å². The molecule has 0 unspecified atom stereocenters. The maximum absolute atomic E-state index is 12.2. The molecule has 1 saturated heterocycles. The van der Waals surface area contributed by atoms with Crippen LogP contribution in [0.2, 0.25) is 0 Å². The predicted molar refractivity (Wildman–Crippen MR) is 104 cm³/mol. The molecular formula is C20H33ClN2O. The van der Waals surface area contributed by atoms with E-state index in [-0.39, 0.29) is 23.9 Å². The van der Waals surface area contributed by atoms with Gasteiger partial charge in [0.2, 0.25) is 5.91 Å². The summed E-state index contributed by atoms with van der Waals surface area (Å²) in [7, 11) is 0. The van der Waals surface area contributed by atoms with Gasteiger partial charge in [-0.05, 0) is 48.6 Å². The second kappa shape index (κ2) is 9.43.